The maximum absolute atomic E-state index is 10.6. The van der Waals surface area contributed by atoms with Crippen molar-refractivity contribution in [3.63, 3.8) is 0 Å². The Morgan fingerprint density at radius 2 is 1.90 bits per heavy atom. The first-order valence-corrected chi connectivity index (χ1v) is 6.92. The van der Waals surface area contributed by atoms with Crippen molar-refractivity contribution < 1.29 is 19.7 Å². The highest BCUT2D eigenvalue weighted by Gasteiger charge is 2.18. The summed E-state index contributed by atoms with van der Waals surface area (Å²) < 4.78 is 5.83. The minimum Gasteiger partial charge on any atom is -0.481 e. The van der Waals surface area contributed by atoms with Crippen LogP contribution in [0.25, 0.3) is 0 Å². The van der Waals surface area contributed by atoms with Crippen LogP contribution < -0.4 is 4.74 Å². The maximum atomic E-state index is 10.6. The Balaban J connectivity index is 1.81. The van der Waals surface area contributed by atoms with Gasteiger partial charge in [0.2, 0.25) is 0 Å². The van der Waals surface area contributed by atoms with E-state index in [0.29, 0.717) is 0 Å². The van der Waals surface area contributed by atoms with Crippen molar-refractivity contribution in [1.29, 1.82) is 0 Å². The van der Waals surface area contributed by atoms with Crippen LogP contribution in [-0.4, -0.2) is 16.2 Å². The van der Waals surface area contributed by atoms with Crippen molar-refractivity contribution in [1.82, 2.24) is 0 Å². The van der Waals surface area contributed by atoms with Crippen LogP contribution in [0.4, 0.5) is 0 Å². The zero-order valence-electron chi connectivity index (χ0n) is 11.5. The first kappa shape index (κ1) is 13.6. The van der Waals surface area contributed by atoms with Crippen LogP contribution in [0.15, 0.2) is 42.5 Å². The topological polar surface area (TPSA) is 66.8 Å². The molecule has 0 saturated heterocycles. The molecule has 0 radical (unpaired) electrons. The van der Waals surface area contributed by atoms with E-state index < -0.39 is 12.1 Å². The van der Waals surface area contributed by atoms with Gasteiger partial charge in [0.05, 0.1) is 6.10 Å². The van der Waals surface area contributed by atoms with Crippen molar-refractivity contribution in [2.45, 2.75) is 25.4 Å². The second kappa shape index (κ2) is 5.58. The average molecular weight is 284 g/mol. The van der Waals surface area contributed by atoms with Gasteiger partial charge in [-0.15, -0.1) is 0 Å². The van der Waals surface area contributed by atoms with E-state index >= 15 is 0 Å². The number of benzene rings is 2. The third kappa shape index (κ3) is 2.90. The molecule has 108 valence electrons. The fraction of sp³-hybridized carbons (Fsp3) is 0.235. The number of rotatable bonds is 4. The molecule has 1 aliphatic heterocycles. The van der Waals surface area contributed by atoms with Crippen LogP contribution in [0.3, 0.4) is 0 Å². The molecule has 0 aliphatic carbocycles. The van der Waals surface area contributed by atoms with Gasteiger partial charge in [-0.1, -0.05) is 24.3 Å². The zero-order chi connectivity index (χ0) is 14.8. The SMILES string of the molecule is O=C(O)CCC(O)c1ccc2c(c1)Cc1ccccc1O2. The number of fused-ring (bicyclic) bond motifs is 2. The van der Waals surface area contributed by atoms with E-state index in [1.165, 1.54) is 0 Å². The number of hydrogen-bond acceptors (Lipinski definition) is 3. The van der Waals surface area contributed by atoms with Crippen molar-refractivity contribution in [2.24, 2.45) is 0 Å². The van der Waals surface area contributed by atoms with E-state index in [-0.39, 0.29) is 12.8 Å². The van der Waals surface area contributed by atoms with Gasteiger partial charge in [0.1, 0.15) is 11.5 Å². The zero-order valence-corrected chi connectivity index (χ0v) is 11.5. The molecule has 0 spiro atoms. The molecule has 2 N–H and O–H groups in total. The highest BCUT2D eigenvalue weighted by Crippen LogP contribution is 2.37. The van der Waals surface area contributed by atoms with E-state index in [1.807, 2.05) is 36.4 Å². The lowest BCUT2D eigenvalue weighted by Gasteiger charge is -2.21. The molecule has 2 aromatic rings. The molecule has 2 aromatic carbocycles. The van der Waals surface area contributed by atoms with Gasteiger partial charge in [-0.25, -0.2) is 0 Å². The summed E-state index contributed by atoms with van der Waals surface area (Å²) >= 11 is 0. The van der Waals surface area contributed by atoms with Gasteiger partial charge < -0.3 is 14.9 Å². The molecule has 1 atom stereocenters. The highest BCUT2D eigenvalue weighted by molar-refractivity contribution is 5.66. The van der Waals surface area contributed by atoms with E-state index in [0.717, 1.165) is 34.6 Å². The minimum absolute atomic E-state index is 0.0441. The molecule has 21 heavy (non-hydrogen) atoms. The molecule has 4 nitrogen and oxygen atoms in total. The Labute approximate surface area is 122 Å². The molecule has 3 rings (SSSR count). The maximum Gasteiger partial charge on any atom is 0.303 e. The number of aliphatic carboxylic acids is 1. The van der Waals surface area contributed by atoms with E-state index in [2.05, 4.69) is 0 Å². The normalized spacial score (nSPS) is 13.8. The Morgan fingerprint density at radius 3 is 2.71 bits per heavy atom. The lowest BCUT2D eigenvalue weighted by molar-refractivity contribution is -0.137. The largest absolute Gasteiger partial charge is 0.481 e. The summed E-state index contributed by atoms with van der Waals surface area (Å²) in [6.45, 7) is 0. The van der Waals surface area contributed by atoms with Crippen LogP contribution in [0.1, 0.15) is 35.6 Å². The fourth-order valence-corrected chi connectivity index (χ4v) is 2.54. The molecular formula is C17H16O4. The molecule has 0 amide bonds. The summed E-state index contributed by atoms with van der Waals surface area (Å²) in [6.07, 6.45) is 0.164. The first-order valence-electron chi connectivity index (χ1n) is 6.92. The molecular weight excluding hydrogens is 268 g/mol. The van der Waals surface area contributed by atoms with Crippen molar-refractivity contribution in [3.8, 4) is 11.5 Å². The molecule has 1 aliphatic rings. The third-order valence-corrected chi connectivity index (χ3v) is 3.67. The van der Waals surface area contributed by atoms with Crippen molar-refractivity contribution in [3.05, 3.63) is 59.2 Å². The predicted molar refractivity (Wildman–Crippen MR) is 77.6 cm³/mol. The summed E-state index contributed by atoms with van der Waals surface area (Å²) in [5, 5.41) is 18.7. The number of aliphatic hydroxyl groups excluding tert-OH is 1. The Kier molecular flexibility index (Phi) is 3.62. The van der Waals surface area contributed by atoms with E-state index in [4.69, 9.17) is 9.84 Å². The third-order valence-electron chi connectivity index (χ3n) is 3.67. The summed E-state index contributed by atoms with van der Waals surface area (Å²) in [5.41, 5.74) is 2.86. The van der Waals surface area contributed by atoms with Crippen molar-refractivity contribution in [2.75, 3.05) is 0 Å². The Morgan fingerprint density at radius 1 is 1.14 bits per heavy atom. The summed E-state index contributed by atoms with van der Waals surface area (Å²) in [5.74, 6) is 0.760. The highest BCUT2D eigenvalue weighted by atomic mass is 16.5. The van der Waals surface area contributed by atoms with Crippen LogP contribution >= 0.6 is 0 Å². The Bertz CT molecular complexity index is 678. The van der Waals surface area contributed by atoms with Crippen LogP contribution in [0.2, 0.25) is 0 Å². The fourth-order valence-electron chi connectivity index (χ4n) is 2.54. The van der Waals surface area contributed by atoms with E-state index in [9.17, 15) is 9.90 Å². The first-order chi connectivity index (χ1) is 10.1. The quantitative estimate of drug-likeness (QED) is 0.771. The minimum atomic E-state index is -0.899. The van der Waals surface area contributed by atoms with Crippen LogP contribution in [-0.2, 0) is 11.2 Å². The summed E-state index contributed by atoms with van der Waals surface area (Å²) in [6, 6.07) is 13.4. The lowest BCUT2D eigenvalue weighted by Crippen LogP contribution is -2.06. The number of aliphatic hydroxyl groups is 1. The van der Waals surface area contributed by atoms with Crippen LogP contribution in [0.5, 0.6) is 11.5 Å². The van der Waals surface area contributed by atoms with Gasteiger partial charge >= 0.3 is 5.97 Å². The second-order valence-corrected chi connectivity index (χ2v) is 5.20. The second-order valence-electron chi connectivity index (χ2n) is 5.20. The van der Waals surface area contributed by atoms with Crippen LogP contribution in [0, 0.1) is 0 Å². The number of carbonyl (C=O) groups is 1. The van der Waals surface area contributed by atoms with Gasteiger partial charge in [-0.05, 0) is 41.3 Å². The molecule has 1 unspecified atom stereocenters. The van der Waals surface area contributed by atoms with Gasteiger partial charge in [-0.3, -0.25) is 4.79 Å². The van der Waals surface area contributed by atoms with Gasteiger partial charge in [0, 0.05) is 12.8 Å². The Hall–Kier alpha value is -2.33. The molecule has 1 heterocycles. The smallest absolute Gasteiger partial charge is 0.303 e. The summed E-state index contributed by atoms with van der Waals surface area (Å²) in [7, 11) is 0. The molecule has 0 aromatic heterocycles. The molecule has 4 heteroatoms. The van der Waals surface area contributed by atoms with Gasteiger partial charge in [0.25, 0.3) is 0 Å². The van der Waals surface area contributed by atoms with E-state index in [1.54, 1.807) is 6.07 Å². The van der Waals surface area contributed by atoms with Gasteiger partial charge in [-0.2, -0.15) is 0 Å². The molecule has 0 saturated carbocycles. The average Bonchev–Trinajstić information content (AvgIpc) is 2.50. The standard InChI is InChI=1S/C17H16O4/c18-14(6-8-17(19)20)11-5-7-16-13(9-11)10-12-3-1-2-4-15(12)21-16/h1-5,7,9,14,18H,6,8,10H2,(H,19,20). The number of carboxylic acids is 1. The monoisotopic (exact) mass is 284 g/mol. The molecule has 0 fully saturated rings. The number of hydrogen-bond donors (Lipinski definition) is 2. The number of ether oxygens (including phenoxy) is 1. The molecule has 0 bridgehead atoms. The lowest BCUT2D eigenvalue weighted by atomic mass is 9.96. The number of para-hydroxylation sites is 1. The van der Waals surface area contributed by atoms with Gasteiger partial charge in [0.15, 0.2) is 0 Å². The summed E-state index contributed by atoms with van der Waals surface area (Å²) in [4.78, 5) is 10.6. The predicted octanol–water partition coefficient (Wildman–Crippen LogP) is 3.28. The van der Waals surface area contributed by atoms with Crippen molar-refractivity contribution >= 4 is 5.97 Å². The number of carboxylic acid groups (broad SMARTS) is 1.